The van der Waals surface area contributed by atoms with Crippen LogP contribution in [0.3, 0.4) is 0 Å². The maximum Gasteiger partial charge on any atom is 0.155 e. The van der Waals surface area contributed by atoms with Crippen LogP contribution in [0.1, 0.15) is 6.42 Å². The summed E-state index contributed by atoms with van der Waals surface area (Å²) in [4.78, 5) is 14.0. The summed E-state index contributed by atoms with van der Waals surface area (Å²) in [6.07, 6.45) is 2.87. The number of anilines is 1. The molecule has 30 heavy (non-hydrogen) atoms. The van der Waals surface area contributed by atoms with Crippen molar-refractivity contribution in [3.63, 3.8) is 0 Å². The SMILES string of the molecule is CN1CCCN(c2ccc3nc(-c4ccc(F)cc4)c(-c4ccccn4)n3n2)CC1. The van der Waals surface area contributed by atoms with Crippen molar-refractivity contribution in [2.45, 2.75) is 6.42 Å². The molecule has 5 rings (SSSR count). The van der Waals surface area contributed by atoms with Crippen LogP contribution in [0.15, 0.2) is 60.8 Å². The van der Waals surface area contributed by atoms with Gasteiger partial charge in [0.15, 0.2) is 5.65 Å². The smallest absolute Gasteiger partial charge is 0.155 e. The molecule has 0 radical (unpaired) electrons. The van der Waals surface area contributed by atoms with Crippen LogP contribution in [0, 0.1) is 5.82 Å². The quantitative estimate of drug-likeness (QED) is 0.523. The topological polar surface area (TPSA) is 49.6 Å². The maximum absolute atomic E-state index is 13.5. The minimum atomic E-state index is -0.270. The molecule has 0 atom stereocenters. The van der Waals surface area contributed by atoms with Crippen molar-refractivity contribution in [3.8, 4) is 22.6 Å². The van der Waals surface area contributed by atoms with Gasteiger partial charge in [0.2, 0.25) is 0 Å². The molecule has 1 aromatic carbocycles. The van der Waals surface area contributed by atoms with Crippen molar-refractivity contribution in [3.05, 3.63) is 66.6 Å². The molecule has 4 heterocycles. The maximum atomic E-state index is 13.5. The molecule has 0 bridgehead atoms. The van der Waals surface area contributed by atoms with Gasteiger partial charge >= 0.3 is 0 Å². The highest BCUT2D eigenvalue weighted by Crippen LogP contribution is 2.32. The molecule has 7 heteroatoms. The Morgan fingerprint density at radius 3 is 2.57 bits per heavy atom. The predicted molar refractivity (Wildman–Crippen MR) is 116 cm³/mol. The van der Waals surface area contributed by atoms with Gasteiger partial charge in [-0.3, -0.25) is 4.98 Å². The molecule has 0 amide bonds. The van der Waals surface area contributed by atoms with Crippen molar-refractivity contribution in [1.29, 1.82) is 0 Å². The van der Waals surface area contributed by atoms with E-state index in [-0.39, 0.29) is 5.82 Å². The van der Waals surface area contributed by atoms with E-state index < -0.39 is 0 Å². The fourth-order valence-corrected chi connectivity index (χ4v) is 3.91. The summed E-state index contributed by atoms with van der Waals surface area (Å²) in [5.41, 5.74) is 3.91. The van der Waals surface area contributed by atoms with Crippen LogP contribution in [0.25, 0.3) is 28.3 Å². The van der Waals surface area contributed by atoms with Gasteiger partial charge in [0.1, 0.15) is 23.0 Å². The number of rotatable bonds is 3. The van der Waals surface area contributed by atoms with E-state index in [1.807, 2.05) is 34.8 Å². The van der Waals surface area contributed by atoms with Gasteiger partial charge in [-0.2, -0.15) is 0 Å². The first-order valence-electron chi connectivity index (χ1n) is 10.2. The average molecular weight is 402 g/mol. The van der Waals surface area contributed by atoms with Crippen LogP contribution >= 0.6 is 0 Å². The molecule has 152 valence electrons. The van der Waals surface area contributed by atoms with E-state index in [0.29, 0.717) is 0 Å². The summed E-state index contributed by atoms with van der Waals surface area (Å²) in [5.74, 6) is 0.659. The highest BCUT2D eigenvalue weighted by molar-refractivity contribution is 5.80. The second-order valence-corrected chi connectivity index (χ2v) is 7.64. The van der Waals surface area contributed by atoms with Gasteiger partial charge in [0.25, 0.3) is 0 Å². The van der Waals surface area contributed by atoms with Crippen LogP contribution < -0.4 is 4.90 Å². The summed E-state index contributed by atoms with van der Waals surface area (Å²) in [7, 11) is 2.16. The van der Waals surface area contributed by atoms with Crippen LogP contribution in [-0.4, -0.2) is 57.7 Å². The van der Waals surface area contributed by atoms with Crippen molar-refractivity contribution >= 4 is 11.5 Å². The molecule has 1 fully saturated rings. The minimum absolute atomic E-state index is 0.270. The zero-order valence-corrected chi connectivity index (χ0v) is 16.9. The number of imidazole rings is 1. The lowest BCUT2D eigenvalue weighted by Crippen LogP contribution is -2.29. The van der Waals surface area contributed by atoms with Crippen molar-refractivity contribution in [2.24, 2.45) is 0 Å². The zero-order chi connectivity index (χ0) is 20.5. The summed E-state index contributed by atoms with van der Waals surface area (Å²) < 4.78 is 15.4. The van der Waals surface area contributed by atoms with Crippen LogP contribution in [0.2, 0.25) is 0 Å². The van der Waals surface area contributed by atoms with Crippen LogP contribution in [-0.2, 0) is 0 Å². The zero-order valence-electron chi connectivity index (χ0n) is 16.9. The largest absolute Gasteiger partial charge is 0.354 e. The third kappa shape index (κ3) is 3.52. The highest BCUT2D eigenvalue weighted by atomic mass is 19.1. The van der Waals surface area contributed by atoms with E-state index in [1.165, 1.54) is 12.1 Å². The molecule has 1 aliphatic rings. The molecule has 3 aromatic heterocycles. The fourth-order valence-electron chi connectivity index (χ4n) is 3.91. The molecule has 1 saturated heterocycles. The molecular formula is C23H23FN6. The van der Waals surface area contributed by atoms with E-state index in [1.54, 1.807) is 18.3 Å². The Kier molecular flexibility index (Phi) is 4.88. The van der Waals surface area contributed by atoms with Gasteiger partial charge in [-0.25, -0.2) is 13.9 Å². The second-order valence-electron chi connectivity index (χ2n) is 7.64. The number of nitrogens with zero attached hydrogens (tertiary/aromatic N) is 6. The predicted octanol–water partition coefficient (Wildman–Crippen LogP) is 3.74. The standard InChI is InChI=1S/C23H23FN6/c1-28-13-4-14-29(16-15-28)21-11-10-20-26-22(17-6-8-18(24)9-7-17)23(30(20)27-21)19-5-2-3-12-25-19/h2-3,5-12H,4,13-16H2,1H3. The van der Waals surface area contributed by atoms with Gasteiger partial charge < -0.3 is 9.80 Å². The van der Waals surface area contributed by atoms with E-state index in [9.17, 15) is 4.39 Å². The van der Waals surface area contributed by atoms with E-state index in [0.717, 1.165) is 66.7 Å². The molecule has 4 aromatic rings. The number of pyridine rings is 1. The van der Waals surface area contributed by atoms with Crippen LogP contribution in [0.4, 0.5) is 10.2 Å². The normalized spacial score (nSPS) is 15.5. The first kappa shape index (κ1) is 18.7. The summed E-state index contributed by atoms with van der Waals surface area (Å²) in [5, 5.41) is 4.95. The molecule has 6 nitrogen and oxygen atoms in total. The number of halogens is 1. The third-order valence-electron chi connectivity index (χ3n) is 5.53. The van der Waals surface area contributed by atoms with Crippen molar-refractivity contribution in [2.75, 3.05) is 38.1 Å². The Balaban J connectivity index is 1.66. The van der Waals surface area contributed by atoms with Gasteiger partial charge in [-0.05, 0) is 68.5 Å². The van der Waals surface area contributed by atoms with Crippen molar-refractivity contribution < 1.29 is 4.39 Å². The third-order valence-corrected chi connectivity index (χ3v) is 5.53. The van der Waals surface area contributed by atoms with E-state index in [2.05, 4.69) is 21.8 Å². The van der Waals surface area contributed by atoms with Gasteiger partial charge in [-0.1, -0.05) is 6.07 Å². The lowest BCUT2D eigenvalue weighted by Gasteiger charge is -2.21. The summed E-state index contributed by atoms with van der Waals surface area (Å²) in [6, 6.07) is 16.2. The summed E-state index contributed by atoms with van der Waals surface area (Å²) >= 11 is 0. The average Bonchev–Trinajstić information content (AvgIpc) is 3.02. The molecule has 0 N–H and O–H groups in total. The van der Waals surface area contributed by atoms with E-state index in [4.69, 9.17) is 10.1 Å². The number of aromatic nitrogens is 4. The Bertz CT molecular complexity index is 1160. The molecule has 0 unspecified atom stereocenters. The summed E-state index contributed by atoms with van der Waals surface area (Å²) in [6.45, 7) is 4.02. The van der Waals surface area contributed by atoms with E-state index >= 15 is 0 Å². The van der Waals surface area contributed by atoms with Crippen molar-refractivity contribution in [1.82, 2.24) is 24.5 Å². The van der Waals surface area contributed by atoms with Crippen LogP contribution in [0.5, 0.6) is 0 Å². The molecule has 0 saturated carbocycles. The Morgan fingerprint density at radius 1 is 0.900 bits per heavy atom. The van der Waals surface area contributed by atoms with Gasteiger partial charge in [0, 0.05) is 31.4 Å². The fraction of sp³-hybridized carbons (Fsp3) is 0.261. The van der Waals surface area contributed by atoms with Gasteiger partial charge in [0.05, 0.1) is 5.69 Å². The molecule has 1 aliphatic heterocycles. The Labute approximate surface area is 174 Å². The number of likely N-dealkylation sites (N-methyl/N-ethyl adjacent to an activating group) is 1. The number of benzene rings is 1. The number of hydrogen-bond donors (Lipinski definition) is 0. The highest BCUT2D eigenvalue weighted by Gasteiger charge is 2.20. The molecular weight excluding hydrogens is 379 g/mol. The Hall–Kier alpha value is -3.32. The number of fused-ring (bicyclic) bond motifs is 1. The first-order chi connectivity index (χ1) is 14.7. The number of hydrogen-bond acceptors (Lipinski definition) is 5. The monoisotopic (exact) mass is 402 g/mol. The molecule has 0 spiro atoms. The van der Waals surface area contributed by atoms with Gasteiger partial charge in [-0.15, -0.1) is 5.10 Å². The molecule has 0 aliphatic carbocycles. The minimum Gasteiger partial charge on any atom is -0.354 e. The Morgan fingerprint density at radius 2 is 1.77 bits per heavy atom. The second kappa shape index (κ2) is 7.84. The first-order valence-corrected chi connectivity index (χ1v) is 10.2. The lowest BCUT2D eigenvalue weighted by molar-refractivity contribution is 0.360. The lowest BCUT2D eigenvalue weighted by atomic mass is 10.1.